The van der Waals surface area contributed by atoms with Crippen LogP contribution in [0.3, 0.4) is 0 Å². The van der Waals surface area contributed by atoms with E-state index in [1.807, 2.05) is 0 Å². The molecule has 3 N–H and O–H groups in total. The molecule has 5 aromatic rings. The zero-order valence-electron chi connectivity index (χ0n) is 24.2. The quantitative estimate of drug-likeness (QED) is 0.145. The third-order valence-electron chi connectivity index (χ3n) is 7.31. The molecule has 234 valence electrons. The molecule has 0 bridgehead atoms. The van der Waals surface area contributed by atoms with Crippen LogP contribution >= 0.6 is 11.6 Å². The molecule has 0 unspecified atom stereocenters. The van der Waals surface area contributed by atoms with E-state index < -0.39 is 59.3 Å². The number of nitrogens with one attached hydrogen (secondary N) is 2. The molecule has 2 amide bonds. The van der Waals surface area contributed by atoms with Gasteiger partial charge in [-0.3, -0.25) is 14.4 Å². The summed E-state index contributed by atoms with van der Waals surface area (Å²) in [7, 11) is 0. The number of para-hydroxylation sites is 2. The first-order chi connectivity index (χ1) is 22.0. The van der Waals surface area contributed by atoms with Crippen molar-refractivity contribution in [1.82, 2.24) is 15.6 Å². The molecular formula is C34H26ClF2N3O6. The Morgan fingerprint density at radius 1 is 0.891 bits per heavy atom. The highest BCUT2D eigenvalue weighted by molar-refractivity contribution is 6.31. The second-order valence-corrected chi connectivity index (χ2v) is 10.8. The van der Waals surface area contributed by atoms with Gasteiger partial charge in [-0.05, 0) is 72.1 Å². The Balaban J connectivity index is 1.39. The van der Waals surface area contributed by atoms with Gasteiger partial charge < -0.3 is 20.2 Å². The van der Waals surface area contributed by atoms with Gasteiger partial charge in [0.2, 0.25) is 11.7 Å². The van der Waals surface area contributed by atoms with E-state index in [1.165, 1.54) is 48.5 Å². The number of halogens is 3. The van der Waals surface area contributed by atoms with Gasteiger partial charge in [-0.25, -0.2) is 18.6 Å². The molecule has 46 heavy (non-hydrogen) atoms. The number of carbonyl (C=O) groups excluding carboxylic acids is 3. The zero-order valence-corrected chi connectivity index (χ0v) is 25.0. The fraction of sp³-hybridized carbons (Fsp3) is 0.147. The summed E-state index contributed by atoms with van der Waals surface area (Å²) in [6.45, 7) is 1.65. The highest BCUT2D eigenvalue weighted by Gasteiger charge is 2.30. The normalized spacial score (nSPS) is 12.3. The van der Waals surface area contributed by atoms with Crippen LogP contribution in [0.1, 0.15) is 50.3 Å². The summed E-state index contributed by atoms with van der Waals surface area (Å²) >= 11 is 6.07. The number of Topliss-reactive ketones (excluding diaryl/α,β-unsaturated/α-hetero) is 1. The van der Waals surface area contributed by atoms with Crippen molar-refractivity contribution in [2.45, 2.75) is 31.8 Å². The maximum Gasteiger partial charge on any atom is 0.336 e. The standard InChI is InChI=1S/C34H26ClF2N3O6/c1-2-26(30(41)33-40-27-8-3-4-9-29(27)46-33)38-32(43)28(17-23-24(36)6-5-7-25(23)37)39-31(42)19-12-10-18(11-13-19)22-16-20(35)14-15-21(22)34(44)45/h3-16,26,28H,2,17H2,1H3,(H,38,43)(H,39,42)(H,44,45)/t26-,28-/m0/s1. The van der Waals surface area contributed by atoms with Crippen LogP contribution in [-0.4, -0.2) is 45.7 Å². The second kappa shape index (κ2) is 13.7. The van der Waals surface area contributed by atoms with Gasteiger partial charge in [0.1, 0.15) is 23.2 Å². The Morgan fingerprint density at radius 2 is 1.59 bits per heavy atom. The Morgan fingerprint density at radius 3 is 2.24 bits per heavy atom. The number of fused-ring (bicyclic) bond motifs is 1. The van der Waals surface area contributed by atoms with Crippen LogP contribution in [-0.2, 0) is 11.2 Å². The number of aromatic nitrogens is 1. The van der Waals surface area contributed by atoms with Gasteiger partial charge in [0.05, 0.1) is 11.6 Å². The summed E-state index contributed by atoms with van der Waals surface area (Å²) in [5, 5.41) is 14.9. The number of oxazole rings is 1. The number of ketones is 1. The maximum atomic E-state index is 14.6. The predicted molar refractivity (Wildman–Crippen MR) is 166 cm³/mol. The van der Waals surface area contributed by atoms with E-state index in [0.29, 0.717) is 27.2 Å². The number of carbonyl (C=O) groups is 4. The van der Waals surface area contributed by atoms with Crippen molar-refractivity contribution >= 4 is 46.3 Å². The Labute approximate surface area is 266 Å². The first-order valence-electron chi connectivity index (χ1n) is 14.1. The number of hydrogen-bond donors (Lipinski definition) is 3. The van der Waals surface area contributed by atoms with Crippen LogP contribution in [0.2, 0.25) is 5.02 Å². The van der Waals surface area contributed by atoms with Crippen LogP contribution in [0.15, 0.2) is 89.3 Å². The van der Waals surface area contributed by atoms with Crippen LogP contribution in [0.25, 0.3) is 22.2 Å². The number of nitrogens with zero attached hydrogens (tertiary/aromatic N) is 1. The molecule has 0 aliphatic rings. The number of aromatic carboxylic acids is 1. The van der Waals surface area contributed by atoms with E-state index in [2.05, 4.69) is 15.6 Å². The van der Waals surface area contributed by atoms with E-state index in [0.717, 1.165) is 12.1 Å². The van der Waals surface area contributed by atoms with Crippen molar-refractivity contribution in [2.24, 2.45) is 0 Å². The molecule has 0 fully saturated rings. The highest BCUT2D eigenvalue weighted by atomic mass is 35.5. The third kappa shape index (κ3) is 6.94. The molecular weight excluding hydrogens is 620 g/mol. The summed E-state index contributed by atoms with van der Waals surface area (Å²) in [4.78, 5) is 56.0. The van der Waals surface area contributed by atoms with Crippen LogP contribution in [0.4, 0.5) is 8.78 Å². The van der Waals surface area contributed by atoms with Crippen molar-refractivity contribution in [1.29, 1.82) is 0 Å². The van der Waals surface area contributed by atoms with Crippen molar-refractivity contribution in [3.05, 3.63) is 124 Å². The number of carboxylic acid groups (broad SMARTS) is 1. The van der Waals surface area contributed by atoms with E-state index in [9.17, 15) is 33.1 Å². The van der Waals surface area contributed by atoms with E-state index in [4.69, 9.17) is 16.0 Å². The number of benzene rings is 4. The average molecular weight is 646 g/mol. The van der Waals surface area contributed by atoms with Gasteiger partial charge in [-0.2, -0.15) is 0 Å². The monoisotopic (exact) mass is 645 g/mol. The Kier molecular flexibility index (Phi) is 9.53. The summed E-state index contributed by atoms with van der Waals surface area (Å²) in [5.74, 6) is -5.46. The molecule has 0 aliphatic carbocycles. The van der Waals surface area contributed by atoms with Crippen molar-refractivity contribution in [3.63, 3.8) is 0 Å². The van der Waals surface area contributed by atoms with Gasteiger partial charge in [0, 0.05) is 22.6 Å². The Bertz CT molecular complexity index is 1910. The smallest absolute Gasteiger partial charge is 0.336 e. The summed E-state index contributed by atoms with van der Waals surface area (Å²) < 4.78 is 34.8. The number of rotatable bonds is 11. The topological polar surface area (TPSA) is 139 Å². The molecule has 0 spiro atoms. The molecule has 4 aromatic carbocycles. The Hall–Kier alpha value is -5.42. The van der Waals surface area contributed by atoms with Crippen LogP contribution in [0, 0.1) is 11.6 Å². The van der Waals surface area contributed by atoms with Gasteiger partial charge in [-0.15, -0.1) is 0 Å². The van der Waals surface area contributed by atoms with Crippen molar-refractivity contribution in [3.8, 4) is 11.1 Å². The molecule has 2 atom stereocenters. The van der Waals surface area contributed by atoms with E-state index in [-0.39, 0.29) is 23.4 Å². The van der Waals surface area contributed by atoms with Crippen LogP contribution < -0.4 is 10.6 Å². The molecule has 5 rings (SSSR count). The molecule has 12 heteroatoms. The number of hydrogen-bond acceptors (Lipinski definition) is 6. The number of carboxylic acids is 1. The molecule has 0 saturated heterocycles. The van der Waals surface area contributed by atoms with Gasteiger partial charge in [-0.1, -0.05) is 48.9 Å². The summed E-state index contributed by atoms with van der Waals surface area (Å²) in [5.41, 5.74) is 1.27. The summed E-state index contributed by atoms with van der Waals surface area (Å²) in [6, 6.07) is 17.5. The molecule has 0 radical (unpaired) electrons. The fourth-order valence-corrected chi connectivity index (χ4v) is 5.05. The van der Waals surface area contributed by atoms with Crippen molar-refractivity contribution in [2.75, 3.05) is 0 Å². The lowest BCUT2D eigenvalue weighted by Crippen LogP contribution is -2.52. The minimum Gasteiger partial charge on any atom is -0.478 e. The first-order valence-corrected chi connectivity index (χ1v) is 14.5. The van der Waals surface area contributed by atoms with Crippen molar-refractivity contribution < 1.29 is 37.5 Å². The first kappa shape index (κ1) is 32.0. The molecule has 0 saturated carbocycles. The van der Waals surface area contributed by atoms with Gasteiger partial charge >= 0.3 is 5.97 Å². The van der Waals surface area contributed by atoms with Gasteiger partial charge in [0.25, 0.3) is 11.8 Å². The highest BCUT2D eigenvalue weighted by Crippen LogP contribution is 2.28. The zero-order chi connectivity index (χ0) is 33.0. The molecule has 1 aromatic heterocycles. The van der Waals surface area contributed by atoms with E-state index >= 15 is 0 Å². The maximum absolute atomic E-state index is 14.6. The van der Waals surface area contributed by atoms with E-state index in [1.54, 1.807) is 31.2 Å². The largest absolute Gasteiger partial charge is 0.478 e. The van der Waals surface area contributed by atoms with Crippen LogP contribution in [0.5, 0.6) is 0 Å². The minimum atomic E-state index is -1.50. The lowest BCUT2D eigenvalue weighted by Gasteiger charge is -2.22. The average Bonchev–Trinajstić information content (AvgIpc) is 3.49. The fourth-order valence-electron chi connectivity index (χ4n) is 4.88. The number of amides is 2. The SMILES string of the molecule is CC[C@H](NC(=O)[C@H](Cc1c(F)cccc1F)NC(=O)c1ccc(-c2cc(Cl)ccc2C(=O)O)cc1)C(=O)c1nc2ccccc2o1. The lowest BCUT2D eigenvalue weighted by atomic mass is 9.98. The minimum absolute atomic E-state index is 0.00289. The molecule has 0 aliphatic heterocycles. The lowest BCUT2D eigenvalue weighted by molar-refractivity contribution is -0.123. The third-order valence-corrected chi connectivity index (χ3v) is 7.54. The molecule has 1 heterocycles. The second-order valence-electron chi connectivity index (χ2n) is 10.3. The molecule has 9 nitrogen and oxygen atoms in total. The summed E-state index contributed by atoms with van der Waals surface area (Å²) in [6.07, 6.45) is -0.437. The van der Waals surface area contributed by atoms with Gasteiger partial charge in [0.15, 0.2) is 5.58 Å². The predicted octanol–water partition coefficient (Wildman–Crippen LogP) is 6.24.